The standard InChI is InChI=1S/C62H52N10O4/c1-3-7-53-51(5-1)57-55(71(53)49-29-45(37-9-17-41(18-10-37)59-63-33-67-73-59)27-46(30-49)38-11-19-42(20-12-38)60-64-34-68-74-60)25-26-56-58(57)52-6-2-4-8-54(52)72(56)50-31-47(39-13-21-43(22-14-39)61-65-35-69-75-61)28-48(32-50)40-15-23-44(24-16-40)62-66-36-70-76-62/h1-32,59-70H,33-36H2. The lowest BCUT2D eigenvalue weighted by atomic mass is 9.96. The van der Waals surface area contributed by atoms with Gasteiger partial charge >= 0.3 is 0 Å². The maximum atomic E-state index is 5.73. The maximum Gasteiger partial charge on any atom is 0.156 e. The molecule has 11 aromatic rings. The minimum absolute atomic E-state index is 0.204. The Hall–Kier alpha value is -7.90. The Labute approximate surface area is 437 Å². The zero-order valence-electron chi connectivity index (χ0n) is 41.1. The van der Waals surface area contributed by atoms with Crippen molar-refractivity contribution in [2.45, 2.75) is 24.9 Å². The molecule has 4 atom stereocenters. The molecule has 0 spiro atoms. The van der Waals surface area contributed by atoms with Gasteiger partial charge in [-0.1, -0.05) is 133 Å². The quantitative estimate of drug-likeness (QED) is 0.0661. The molecule has 374 valence electrons. The lowest BCUT2D eigenvalue weighted by Crippen LogP contribution is -2.14. The first-order chi connectivity index (χ1) is 37.6. The van der Waals surface area contributed by atoms with Gasteiger partial charge in [0.15, 0.2) is 24.9 Å². The number of hydrogen-bond acceptors (Lipinski definition) is 12. The average molecular weight is 1000 g/mol. The van der Waals surface area contributed by atoms with Gasteiger partial charge in [0.05, 0.1) is 48.7 Å². The number of aromatic nitrogens is 2. The number of hydroxylamine groups is 4. The van der Waals surface area contributed by atoms with Crippen molar-refractivity contribution in [3.05, 3.63) is 216 Å². The van der Waals surface area contributed by atoms with Crippen molar-refractivity contribution in [1.29, 1.82) is 0 Å². The summed E-state index contributed by atoms with van der Waals surface area (Å²) < 4.78 is 4.90. The number of nitrogens with zero attached hydrogens (tertiary/aromatic N) is 2. The molecule has 76 heavy (non-hydrogen) atoms. The fourth-order valence-corrected chi connectivity index (χ4v) is 11.6. The molecule has 0 bridgehead atoms. The summed E-state index contributed by atoms with van der Waals surface area (Å²) in [6, 6.07) is 70.9. The maximum absolute atomic E-state index is 5.73. The Kier molecular flexibility index (Phi) is 11.4. The topological polar surface area (TPSA) is 143 Å². The normalized spacial score (nSPS) is 19.8. The Morgan fingerprint density at radius 1 is 0.289 bits per heavy atom. The lowest BCUT2D eigenvalue weighted by Gasteiger charge is -2.16. The third-order valence-electron chi connectivity index (χ3n) is 15.3. The molecular formula is C62H52N10O4. The number of hydrogen-bond donors (Lipinski definition) is 8. The van der Waals surface area contributed by atoms with Crippen LogP contribution in [0.4, 0.5) is 0 Å². The van der Waals surface area contributed by atoms with E-state index in [0.29, 0.717) is 26.7 Å². The van der Waals surface area contributed by atoms with Crippen molar-refractivity contribution < 1.29 is 19.4 Å². The van der Waals surface area contributed by atoms with Gasteiger partial charge in [-0.25, -0.2) is 0 Å². The highest BCUT2D eigenvalue weighted by atomic mass is 16.7. The SMILES string of the molecule is c1ccc2c(c1)c1c3c4ccccc4n(-c4cc(-c5ccc(C6NCNO6)cc5)cc(-c5ccc(C6NCNO6)cc5)c4)c3ccc1n2-c1cc(-c2ccc(C3NCNO3)cc2)cc(-c2ccc(C3NCNO3)cc2)c1. The van der Waals surface area contributed by atoms with E-state index in [-0.39, 0.29) is 24.9 Å². The summed E-state index contributed by atoms with van der Waals surface area (Å²) in [5, 5.41) is 18.2. The lowest BCUT2D eigenvalue weighted by molar-refractivity contribution is 0.0276. The predicted octanol–water partition coefficient (Wildman–Crippen LogP) is 10.9. The molecule has 4 aliphatic rings. The van der Waals surface area contributed by atoms with Crippen LogP contribution in [0.25, 0.3) is 99.5 Å². The van der Waals surface area contributed by atoms with Crippen LogP contribution in [0.5, 0.6) is 0 Å². The Morgan fingerprint density at radius 3 is 0.855 bits per heavy atom. The fraction of sp³-hybridized carbons (Fsp3) is 0.129. The molecule has 0 radical (unpaired) electrons. The van der Waals surface area contributed by atoms with Crippen LogP contribution in [0, 0.1) is 0 Å². The second kappa shape index (κ2) is 19.0. The van der Waals surface area contributed by atoms with Crippen molar-refractivity contribution in [3.63, 3.8) is 0 Å². The minimum Gasteiger partial charge on any atom is -0.309 e. The van der Waals surface area contributed by atoms with Gasteiger partial charge in [-0.2, -0.15) is 21.9 Å². The van der Waals surface area contributed by atoms with Crippen LogP contribution in [-0.4, -0.2) is 35.8 Å². The zero-order valence-corrected chi connectivity index (χ0v) is 41.1. The van der Waals surface area contributed by atoms with E-state index in [4.69, 9.17) is 19.4 Å². The monoisotopic (exact) mass is 1000 g/mol. The molecule has 14 nitrogen and oxygen atoms in total. The van der Waals surface area contributed by atoms with E-state index in [1.54, 1.807) is 0 Å². The van der Waals surface area contributed by atoms with E-state index < -0.39 is 0 Å². The van der Waals surface area contributed by atoms with E-state index in [1.165, 1.54) is 21.5 Å². The number of para-hydroxylation sites is 2. The van der Waals surface area contributed by atoms with Crippen LogP contribution >= 0.6 is 0 Å². The van der Waals surface area contributed by atoms with E-state index >= 15 is 0 Å². The number of rotatable bonds is 10. The third kappa shape index (κ3) is 8.00. The molecule has 2 aromatic heterocycles. The average Bonchev–Trinajstić information content (AvgIpc) is 4.44. The molecule has 0 aliphatic carbocycles. The van der Waals surface area contributed by atoms with Crippen LogP contribution < -0.4 is 43.2 Å². The van der Waals surface area contributed by atoms with Crippen LogP contribution in [0.1, 0.15) is 47.2 Å². The molecule has 4 saturated heterocycles. The van der Waals surface area contributed by atoms with Gasteiger partial charge in [0.2, 0.25) is 0 Å². The molecule has 8 N–H and O–H groups in total. The van der Waals surface area contributed by atoms with E-state index in [2.05, 4.69) is 246 Å². The first kappa shape index (κ1) is 45.5. The molecule has 4 fully saturated rings. The highest BCUT2D eigenvalue weighted by molar-refractivity contribution is 6.29. The van der Waals surface area contributed by atoms with Gasteiger partial charge in [0, 0.05) is 32.9 Å². The molecule has 4 unspecified atom stereocenters. The Bertz CT molecular complexity index is 3550. The summed E-state index contributed by atoms with van der Waals surface area (Å²) in [4.78, 5) is 22.9. The van der Waals surface area contributed by atoms with E-state index in [9.17, 15) is 0 Å². The van der Waals surface area contributed by atoms with Crippen molar-refractivity contribution in [2.24, 2.45) is 0 Å². The molecule has 15 rings (SSSR count). The fourth-order valence-electron chi connectivity index (χ4n) is 11.6. The first-order valence-electron chi connectivity index (χ1n) is 25.8. The highest BCUT2D eigenvalue weighted by Crippen LogP contribution is 2.44. The molecular weight excluding hydrogens is 949 g/mol. The summed E-state index contributed by atoms with van der Waals surface area (Å²) in [6.45, 7) is 2.39. The van der Waals surface area contributed by atoms with Crippen LogP contribution in [-0.2, 0) is 19.4 Å². The van der Waals surface area contributed by atoms with Gasteiger partial charge in [0.1, 0.15) is 0 Å². The van der Waals surface area contributed by atoms with Crippen molar-refractivity contribution in [3.8, 4) is 55.9 Å². The summed E-state index contributed by atoms with van der Waals surface area (Å²) in [5.41, 5.74) is 31.5. The smallest absolute Gasteiger partial charge is 0.156 e. The summed E-state index contributed by atoms with van der Waals surface area (Å²) in [5.74, 6) is 0. The molecule has 4 aliphatic heterocycles. The summed E-state index contributed by atoms with van der Waals surface area (Å²) >= 11 is 0. The van der Waals surface area contributed by atoms with Crippen LogP contribution in [0.3, 0.4) is 0 Å². The summed E-state index contributed by atoms with van der Waals surface area (Å²) in [7, 11) is 0. The van der Waals surface area contributed by atoms with Gasteiger partial charge in [-0.15, -0.1) is 0 Å². The Morgan fingerprint density at radius 2 is 0.579 bits per heavy atom. The number of fused-ring (bicyclic) bond motifs is 7. The minimum atomic E-state index is -0.204. The van der Waals surface area contributed by atoms with Crippen molar-refractivity contribution >= 4 is 43.6 Å². The predicted molar refractivity (Wildman–Crippen MR) is 297 cm³/mol. The van der Waals surface area contributed by atoms with E-state index in [0.717, 1.165) is 100 Å². The van der Waals surface area contributed by atoms with Crippen LogP contribution in [0.15, 0.2) is 194 Å². The second-order valence-electron chi connectivity index (χ2n) is 19.7. The molecule has 14 heteroatoms. The van der Waals surface area contributed by atoms with Gasteiger partial charge in [-0.05, 0) is 127 Å². The molecule has 0 amide bonds. The zero-order chi connectivity index (χ0) is 50.1. The van der Waals surface area contributed by atoms with E-state index in [1.807, 2.05) is 0 Å². The van der Waals surface area contributed by atoms with Crippen molar-refractivity contribution in [1.82, 2.24) is 52.3 Å². The van der Waals surface area contributed by atoms with Gasteiger partial charge in [0.25, 0.3) is 0 Å². The molecule has 9 aromatic carbocycles. The Balaban J connectivity index is 0.913. The van der Waals surface area contributed by atoms with Gasteiger partial charge < -0.3 is 9.13 Å². The third-order valence-corrected chi connectivity index (χ3v) is 15.3. The van der Waals surface area contributed by atoms with Gasteiger partial charge in [-0.3, -0.25) is 40.6 Å². The number of nitrogens with one attached hydrogen (secondary N) is 8. The van der Waals surface area contributed by atoms with Crippen molar-refractivity contribution in [2.75, 3.05) is 26.7 Å². The highest BCUT2D eigenvalue weighted by Gasteiger charge is 2.25. The second-order valence-corrected chi connectivity index (χ2v) is 19.7. The summed E-state index contributed by atoms with van der Waals surface area (Å²) in [6.07, 6.45) is -0.814. The largest absolute Gasteiger partial charge is 0.309 e. The molecule has 6 heterocycles. The number of benzene rings is 9. The first-order valence-corrected chi connectivity index (χ1v) is 25.8. The molecule has 0 saturated carbocycles. The van der Waals surface area contributed by atoms with Crippen LogP contribution in [0.2, 0.25) is 0 Å².